The first kappa shape index (κ1) is 8.02. The summed E-state index contributed by atoms with van der Waals surface area (Å²) in [5.41, 5.74) is -0.566. The van der Waals surface area contributed by atoms with Gasteiger partial charge in [0.15, 0.2) is 0 Å². The highest BCUT2D eigenvalue weighted by molar-refractivity contribution is 5.72. The molecule has 1 aliphatic rings. The Hall–Kier alpha value is -1.08. The molecule has 60 valence electrons. The molecular formula is C7H10N2O2. The van der Waals surface area contributed by atoms with Crippen LogP contribution < -0.4 is 5.32 Å². The van der Waals surface area contributed by atoms with Crippen molar-refractivity contribution in [1.29, 1.82) is 5.26 Å². The molecule has 0 heterocycles. The Bertz CT molecular complexity index is 213. The molecule has 0 radical (unpaired) electrons. The summed E-state index contributed by atoms with van der Waals surface area (Å²) in [6.45, 7) is 0. The first-order chi connectivity index (χ1) is 5.13. The van der Waals surface area contributed by atoms with Gasteiger partial charge in [0.1, 0.15) is 5.54 Å². The lowest BCUT2D eigenvalue weighted by Gasteiger charge is -2.39. The quantitative estimate of drug-likeness (QED) is 0.585. The van der Waals surface area contributed by atoms with E-state index in [-0.39, 0.29) is 5.92 Å². The van der Waals surface area contributed by atoms with Crippen LogP contribution in [0.3, 0.4) is 0 Å². The van der Waals surface area contributed by atoms with Crippen LogP contribution in [-0.2, 0) is 4.79 Å². The SMILES string of the molecule is CNC1(C#N)CC(C(=O)O)C1. The van der Waals surface area contributed by atoms with Crippen molar-refractivity contribution >= 4 is 5.97 Å². The molecule has 0 saturated heterocycles. The Balaban J connectivity index is 2.50. The van der Waals surface area contributed by atoms with E-state index in [9.17, 15) is 4.79 Å². The van der Waals surface area contributed by atoms with Gasteiger partial charge < -0.3 is 10.4 Å². The van der Waals surface area contributed by atoms with Gasteiger partial charge in [-0.2, -0.15) is 5.26 Å². The van der Waals surface area contributed by atoms with E-state index in [4.69, 9.17) is 10.4 Å². The Labute approximate surface area is 64.8 Å². The second kappa shape index (κ2) is 2.51. The van der Waals surface area contributed by atoms with E-state index >= 15 is 0 Å². The zero-order valence-corrected chi connectivity index (χ0v) is 6.29. The van der Waals surface area contributed by atoms with Crippen LogP contribution in [-0.4, -0.2) is 23.7 Å². The maximum atomic E-state index is 10.4. The highest BCUT2D eigenvalue weighted by Crippen LogP contribution is 2.36. The first-order valence-corrected chi connectivity index (χ1v) is 3.46. The largest absolute Gasteiger partial charge is 0.481 e. The summed E-state index contributed by atoms with van der Waals surface area (Å²) in [5.74, 6) is -1.13. The number of nitrogens with zero attached hydrogens (tertiary/aromatic N) is 1. The standard InChI is InChI=1S/C7H10N2O2/c1-9-7(4-8)2-5(3-7)6(10)11/h5,9H,2-3H2,1H3,(H,10,11). The number of nitrogens with one attached hydrogen (secondary N) is 1. The minimum absolute atomic E-state index is 0.331. The Morgan fingerprint density at radius 1 is 1.82 bits per heavy atom. The summed E-state index contributed by atoms with van der Waals surface area (Å²) >= 11 is 0. The van der Waals surface area contributed by atoms with E-state index in [1.54, 1.807) is 7.05 Å². The van der Waals surface area contributed by atoms with Crippen LogP contribution in [0.25, 0.3) is 0 Å². The fraction of sp³-hybridized carbons (Fsp3) is 0.714. The molecule has 0 aromatic carbocycles. The molecule has 0 aromatic heterocycles. The molecule has 0 aromatic rings. The molecule has 0 bridgehead atoms. The number of aliphatic carboxylic acids is 1. The molecular weight excluding hydrogens is 144 g/mol. The van der Waals surface area contributed by atoms with Gasteiger partial charge in [0.25, 0.3) is 0 Å². The maximum Gasteiger partial charge on any atom is 0.306 e. The Morgan fingerprint density at radius 3 is 2.64 bits per heavy atom. The lowest BCUT2D eigenvalue weighted by molar-refractivity contribution is -0.146. The van der Waals surface area contributed by atoms with Crippen molar-refractivity contribution in [2.75, 3.05) is 7.05 Å². The molecule has 1 fully saturated rings. The molecule has 1 aliphatic carbocycles. The Kier molecular flexibility index (Phi) is 1.83. The summed E-state index contributed by atoms with van der Waals surface area (Å²) in [4.78, 5) is 10.4. The molecule has 0 amide bonds. The van der Waals surface area contributed by atoms with E-state index in [1.165, 1.54) is 0 Å². The van der Waals surface area contributed by atoms with E-state index in [2.05, 4.69) is 11.4 Å². The fourth-order valence-electron chi connectivity index (χ4n) is 1.31. The van der Waals surface area contributed by atoms with Gasteiger partial charge >= 0.3 is 5.97 Å². The number of carboxylic acids is 1. The van der Waals surface area contributed by atoms with Crippen LogP contribution in [0.2, 0.25) is 0 Å². The van der Waals surface area contributed by atoms with Crippen LogP contribution in [0.5, 0.6) is 0 Å². The maximum absolute atomic E-state index is 10.4. The van der Waals surface area contributed by atoms with Gasteiger partial charge in [-0.15, -0.1) is 0 Å². The third-order valence-electron chi connectivity index (χ3n) is 2.23. The van der Waals surface area contributed by atoms with Gasteiger partial charge in [-0.3, -0.25) is 4.79 Å². The van der Waals surface area contributed by atoms with Crippen molar-refractivity contribution < 1.29 is 9.90 Å². The topological polar surface area (TPSA) is 73.1 Å². The molecule has 0 spiro atoms. The summed E-state index contributed by atoms with van der Waals surface area (Å²) in [5, 5.41) is 20.0. The zero-order valence-electron chi connectivity index (χ0n) is 6.29. The summed E-state index contributed by atoms with van der Waals surface area (Å²) in [6.07, 6.45) is 0.852. The van der Waals surface area contributed by atoms with Crippen LogP contribution in [0.15, 0.2) is 0 Å². The number of hydrogen-bond donors (Lipinski definition) is 2. The third kappa shape index (κ3) is 1.19. The van der Waals surface area contributed by atoms with Crippen molar-refractivity contribution in [3.63, 3.8) is 0 Å². The van der Waals surface area contributed by atoms with Gasteiger partial charge in [-0.1, -0.05) is 0 Å². The van der Waals surface area contributed by atoms with Gasteiger partial charge in [0.2, 0.25) is 0 Å². The average Bonchev–Trinajstić information content (AvgIpc) is 1.87. The number of hydrogen-bond acceptors (Lipinski definition) is 3. The number of carboxylic acid groups (broad SMARTS) is 1. The molecule has 4 heteroatoms. The van der Waals surface area contributed by atoms with Crippen molar-refractivity contribution in [2.45, 2.75) is 18.4 Å². The van der Waals surface area contributed by atoms with Crippen LogP contribution >= 0.6 is 0 Å². The van der Waals surface area contributed by atoms with Crippen LogP contribution in [0.1, 0.15) is 12.8 Å². The smallest absolute Gasteiger partial charge is 0.306 e. The summed E-state index contributed by atoms with van der Waals surface area (Å²) in [7, 11) is 1.68. The van der Waals surface area contributed by atoms with Gasteiger partial charge in [0, 0.05) is 0 Å². The highest BCUT2D eigenvalue weighted by atomic mass is 16.4. The Morgan fingerprint density at radius 2 is 2.36 bits per heavy atom. The van der Waals surface area contributed by atoms with Gasteiger partial charge in [-0.25, -0.2) is 0 Å². The lowest BCUT2D eigenvalue weighted by Crippen LogP contribution is -2.54. The molecule has 0 aliphatic heterocycles. The molecule has 1 rings (SSSR count). The zero-order chi connectivity index (χ0) is 8.48. The molecule has 0 atom stereocenters. The molecule has 2 N–H and O–H groups in total. The van der Waals surface area contributed by atoms with Crippen molar-refractivity contribution in [3.8, 4) is 6.07 Å². The lowest BCUT2D eigenvalue weighted by atomic mass is 9.69. The van der Waals surface area contributed by atoms with E-state index in [0.29, 0.717) is 12.8 Å². The molecule has 0 unspecified atom stereocenters. The molecule has 4 nitrogen and oxygen atoms in total. The highest BCUT2D eigenvalue weighted by Gasteiger charge is 2.46. The number of nitriles is 1. The van der Waals surface area contributed by atoms with Crippen molar-refractivity contribution in [3.05, 3.63) is 0 Å². The predicted octanol–water partition coefficient (Wildman–Crippen LogP) is -0.0372. The fourth-order valence-corrected chi connectivity index (χ4v) is 1.31. The van der Waals surface area contributed by atoms with Gasteiger partial charge in [0.05, 0.1) is 12.0 Å². The molecule has 1 saturated carbocycles. The molecule has 11 heavy (non-hydrogen) atoms. The van der Waals surface area contributed by atoms with Gasteiger partial charge in [-0.05, 0) is 19.9 Å². The number of rotatable bonds is 2. The van der Waals surface area contributed by atoms with Crippen molar-refractivity contribution in [1.82, 2.24) is 5.32 Å². The summed E-state index contributed by atoms with van der Waals surface area (Å²) in [6, 6.07) is 2.08. The second-order valence-corrected chi connectivity index (χ2v) is 2.89. The monoisotopic (exact) mass is 154 g/mol. The summed E-state index contributed by atoms with van der Waals surface area (Å²) < 4.78 is 0. The van der Waals surface area contributed by atoms with Crippen LogP contribution in [0, 0.1) is 17.2 Å². The normalized spacial score (nSPS) is 35.5. The van der Waals surface area contributed by atoms with Crippen LogP contribution in [0.4, 0.5) is 0 Å². The van der Waals surface area contributed by atoms with E-state index in [1.807, 2.05) is 0 Å². The predicted molar refractivity (Wildman–Crippen MR) is 37.8 cm³/mol. The third-order valence-corrected chi connectivity index (χ3v) is 2.23. The minimum Gasteiger partial charge on any atom is -0.481 e. The minimum atomic E-state index is -0.800. The van der Waals surface area contributed by atoms with E-state index in [0.717, 1.165) is 0 Å². The van der Waals surface area contributed by atoms with Crippen molar-refractivity contribution in [2.24, 2.45) is 5.92 Å². The second-order valence-electron chi connectivity index (χ2n) is 2.89. The first-order valence-electron chi connectivity index (χ1n) is 3.46. The average molecular weight is 154 g/mol. The van der Waals surface area contributed by atoms with E-state index < -0.39 is 11.5 Å². The number of carbonyl (C=O) groups is 1.